The lowest BCUT2D eigenvalue weighted by molar-refractivity contribution is -0.243. The molecule has 6 nitrogen and oxygen atoms in total. The van der Waals surface area contributed by atoms with Gasteiger partial charge in [-0.2, -0.15) is 5.10 Å². The maximum atomic E-state index is 12.5. The molecular weight excluding hydrogens is 326 g/mol. The van der Waals surface area contributed by atoms with Crippen LogP contribution in [0.2, 0.25) is 0 Å². The van der Waals surface area contributed by atoms with E-state index in [1.165, 1.54) is 11.3 Å². The lowest BCUT2D eigenvalue weighted by Gasteiger charge is -2.58. The molecule has 1 saturated heterocycles. The lowest BCUT2D eigenvalue weighted by Crippen LogP contribution is -2.65. The third-order valence-corrected chi connectivity index (χ3v) is 6.14. The Morgan fingerprint density at radius 2 is 2.29 bits per heavy atom. The molecular formula is C17H21N3O3S. The third-order valence-electron chi connectivity index (χ3n) is 5.12. The van der Waals surface area contributed by atoms with Gasteiger partial charge in [-0.05, 0) is 12.8 Å². The minimum Gasteiger partial charge on any atom is -0.457 e. The van der Waals surface area contributed by atoms with Crippen molar-refractivity contribution in [2.75, 3.05) is 6.61 Å². The molecule has 4 rings (SSSR count). The van der Waals surface area contributed by atoms with Gasteiger partial charge in [0, 0.05) is 36.7 Å². The minimum absolute atomic E-state index is 0.0840. The molecule has 2 aromatic rings. The summed E-state index contributed by atoms with van der Waals surface area (Å²) in [6, 6.07) is 0. The summed E-state index contributed by atoms with van der Waals surface area (Å²) in [6.07, 6.45) is 7.44. The van der Waals surface area contributed by atoms with E-state index in [0.29, 0.717) is 10.8 Å². The number of aryl methyl sites for hydroxylation is 1. The van der Waals surface area contributed by atoms with Gasteiger partial charge >= 0.3 is 5.97 Å². The molecule has 128 valence electrons. The van der Waals surface area contributed by atoms with Gasteiger partial charge in [0.1, 0.15) is 16.0 Å². The van der Waals surface area contributed by atoms with Crippen molar-refractivity contribution < 1.29 is 14.3 Å². The van der Waals surface area contributed by atoms with Crippen molar-refractivity contribution in [1.29, 1.82) is 0 Å². The highest BCUT2D eigenvalue weighted by molar-refractivity contribution is 7.16. The maximum absolute atomic E-state index is 12.5. The van der Waals surface area contributed by atoms with E-state index in [2.05, 4.69) is 23.9 Å². The molecule has 2 aromatic heterocycles. The first-order chi connectivity index (χ1) is 11.5. The molecule has 3 atom stereocenters. The van der Waals surface area contributed by atoms with E-state index in [9.17, 15) is 4.79 Å². The Morgan fingerprint density at radius 3 is 3.04 bits per heavy atom. The molecule has 1 saturated carbocycles. The number of carbonyl (C=O) groups is 1. The number of hydrogen-bond donors (Lipinski definition) is 0. The first-order valence-electron chi connectivity index (χ1n) is 8.24. The number of fused-ring (bicyclic) bond motifs is 1. The minimum atomic E-state index is -0.287. The van der Waals surface area contributed by atoms with Crippen molar-refractivity contribution in [2.24, 2.45) is 18.4 Å². The fourth-order valence-electron chi connectivity index (χ4n) is 3.92. The summed E-state index contributed by atoms with van der Waals surface area (Å²) in [4.78, 5) is 17.4. The van der Waals surface area contributed by atoms with E-state index in [1.54, 1.807) is 17.1 Å². The van der Waals surface area contributed by atoms with Crippen LogP contribution in [-0.4, -0.2) is 39.5 Å². The fourth-order valence-corrected chi connectivity index (χ4v) is 4.70. The fraction of sp³-hybridized carbons (Fsp3) is 0.588. The average molecular weight is 347 g/mol. The molecule has 0 spiro atoms. The molecule has 0 N–H and O–H groups in total. The molecule has 3 heterocycles. The standard InChI is InChI=1S/C17H21N3O3S/c1-17(2)13-11(5-4-6-22-13)14(17)23-16(21)12-8-18-15(24-12)10-7-19-20(3)9-10/h7-9,11,13-14H,4-6H2,1-3H3/t11-,13-,14+/m0/s1. The number of aromatic nitrogens is 3. The van der Waals surface area contributed by atoms with Crippen molar-refractivity contribution in [1.82, 2.24) is 14.8 Å². The number of thiazole rings is 1. The second-order valence-corrected chi connectivity index (χ2v) is 8.21. The summed E-state index contributed by atoms with van der Waals surface area (Å²) in [7, 11) is 1.85. The first-order valence-corrected chi connectivity index (χ1v) is 9.06. The molecule has 1 aliphatic carbocycles. The Hall–Kier alpha value is -1.73. The molecule has 2 aliphatic rings. The van der Waals surface area contributed by atoms with Gasteiger partial charge in [0.2, 0.25) is 0 Å². The predicted octanol–water partition coefficient (Wildman–Crippen LogP) is 2.90. The molecule has 24 heavy (non-hydrogen) atoms. The summed E-state index contributed by atoms with van der Waals surface area (Å²) in [5.74, 6) is 0.0353. The quantitative estimate of drug-likeness (QED) is 0.799. The van der Waals surface area contributed by atoms with Crippen LogP contribution in [0, 0.1) is 11.3 Å². The third kappa shape index (κ3) is 2.46. The van der Waals surface area contributed by atoms with Gasteiger partial charge in [0.15, 0.2) is 0 Å². The van der Waals surface area contributed by atoms with Crippen LogP contribution in [0.25, 0.3) is 10.6 Å². The zero-order valence-corrected chi connectivity index (χ0v) is 14.9. The normalized spacial score (nSPS) is 28.0. The SMILES string of the molecule is Cn1cc(-c2ncc(C(=O)O[C@@H]3[C@H]4CCCO[C@@H]4C3(C)C)s2)cn1. The Labute approximate surface area is 144 Å². The second-order valence-electron chi connectivity index (χ2n) is 7.18. The summed E-state index contributed by atoms with van der Waals surface area (Å²) >= 11 is 1.34. The molecule has 2 fully saturated rings. The summed E-state index contributed by atoms with van der Waals surface area (Å²) < 4.78 is 13.4. The van der Waals surface area contributed by atoms with Crippen LogP contribution in [-0.2, 0) is 16.5 Å². The number of hydrogen-bond acceptors (Lipinski definition) is 6. The van der Waals surface area contributed by atoms with Crippen molar-refractivity contribution in [3.8, 4) is 10.6 Å². The number of rotatable bonds is 3. The van der Waals surface area contributed by atoms with E-state index in [4.69, 9.17) is 9.47 Å². The molecule has 1 aliphatic heterocycles. The van der Waals surface area contributed by atoms with Gasteiger partial charge in [0.05, 0.1) is 18.5 Å². The van der Waals surface area contributed by atoms with E-state index in [0.717, 1.165) is 30.0 Å². The van der Waals surface area contributed by atoms with Crippen LogP contribution in [0.5, 0.6) is 0 Å². The smallest absolute Gasteiger partial charge is 0.350 e. The van der Waals surface area contributed by atoms with E-state index < -0.39 is 0 Å². The largest absolute Gasteiger partial charge is 0.457 e. The molecule has 0 amide bonds. The van der Waals surface area contributed by atoms with Gasteiger partial charge < -0.3 is 9.47 Å². The summed E-state index contributed by atoms with van der Waals surface area (Å²) in [5, 5.41) is 4.91. The van der Waals surface area contributed by atoms with Crippen LogP contribution >= 0.6 is 11.3 Å². The Balaban J connectivity index is 1.48. The van der Waals surface area contributed by atoms with Gasteiger partial charge in [-0.15, -0.1) is 11.3 Å². The van der Waals surface area contributed by atoms with Crippen molar-refractivity contribution in [3.05, 3.63) is 23.5 Å². The van der Waals surface area contributed by atoms with E-state index >= 15 is 0 Å². The zero-order chi connectivity index (χ0) is 16.9. The highest BCUT2D eigenvalue weighted by Crippen LogP contribution is 2.53. The van der Waals surface area contributed by atoms with Crippen LogP contribution in [0.3, 0.4) is 0 Å². The Morgan fingerprint density at radius 1 is 1.46 bits per heavy atom. The highest BCUT2D eigenvalue weighted by atomic mass is 32.1. The van der Waals surface area contributed by atoms with Crippen LogP contribution in [0.1, 0.15) is 36.4 Å². The van der Waals surface area contributed by atoms with Gasteiger partial charge in [-0.3, -0.25) is 4.68 Å². The average Bonchev–Trinajstić information content (AvgIpc) is 3.21. The topological polar surface area (TPSA) is 66.2 Å². The van der Waals surface area contributed by atoms with Gasteiger partial charge in [0.25, 0.3) is 0 Å². The van der Waals surface area contributed by atoms with Crippen LogP contribution < -0.4 is 0 Å². The number of nitrogens with zero attached hydrogens (tertiary/aromatic N) is 3. The lowest BCUT2D eigenvalue weighted by atomic mass is 9.57. The van der Waals surface area contributed by atoms with Crippen LogP contribution in [0.4, 0.5) is 0 Å². The van der Waals surface area contributed by atoms with Gasteiger partial charge in [-0.1, -0.05) is 13.8 Å². The first kappa shape index (κ1) is 15.8. The monoisotopic (exact) mass is 347 g/mol. The molecule has 0 radical (unpaired) electrons. The van der Waals surface area contributed by atoms with Crippen molar-refractivity contribution in [2.45, 2.75) is 38.9 Å². The zero-order valence-electron chi connectivity index (χ0n) is 14.1. The summed E-state index contributed by atoms with van der Waals surface area (Å²) in [5.41, 5.74) is 0.781. The van der Waals surface area contributed by atoms with Gasteiger partial charge in [-0.25, -0.2) is 9.78 Å². The number of carbonyl (C=O) groups excluding carboxylic acids is 1. The van der Waals surface area contributed by atoms with Crippen LogP contribution in [0.15, 0.2) is 18.6 Å². The van der Waals surface area contributed by atoms with Crippen molar-refractivity contribution in [3.63, 3.8) is 0 Å². The number of ether oxygens (including phenoxy) is 2. The second kappa shape index (κ2) is 5.67. The Kier molecular flexibility index (Phi) is 3.73. The highest BCUT2D eigenvalue weighted by Gasteiger charge is 2.60. The molecule has 7 heteroatoms. The molecule has 0 unspecified atom stereocenters. The van der Waals surface area contributed by atoms with E-state index in [-0.39, 0.29) is 23.6 Å². The van der Waals surface area contributed by atoms with E-state index in [1.807, 2.05) is 13.2 Å². The predicted molar refractivity (Wildman–Crippen MR) is 89.8 cm³/mol. The summed E-state index contributed by atoms with van der Waals surface area (Å²) in [6.45, 7) is 5.05. The molecule has 0 aromatic carbocycles. The maximum Gasteiger partial charge on any atom is 0.350 e. The number of esters is 1. The van der Waals surface area contributed by atoms with Crippen molar-refractivity contribution >= 4 is 17.3 Å². The Bertz CT molecular complexity index is 767. The molecule has 0 bridgehead atoms.